The third kappa shape index (κ3) is 3.88. The number of hydrogen-bond donors (Lipinski definition) is 0. The van der Waals surface area contributed by atoms with Crippen LogP contribution in [0.4, 0.5) is 0 Å². The highest BCUT2D eigenvalue weighted by molar-refractivity contribution is 7.16. The van der Waals surface area contributed by atoms with Crippen molar-refractivity contribution < 1.29 is 9.53 Å². The molecule has 4 nitrogen and oxygen atoms in total. The number of thiazole rings is 1. The van der Waals surface area contributed by atoms with Gasteiger partial charge in [0.15, 0.2) is 4.80 Å². The third-order valence-corrected chi connectivity index (χ3v) is 4.93. The first-order valence-electron chi connectivity index (χ1n) is 8.11. The Morgan fingerprint density at radius 1 is 1.24 bits per heavy atom. The second kappa shape index (κ2) is 7.94. The zero-order valence-corrected chi connectivity index (χ0v) is 15.0. The summed E-state index contributed by atoms with van der Waals surface area (Å²) in [4.78, 5) is 17.4. The van der Waals surface area contributed by atoms with E-state index in [9.17, 15) is 4.79 Å². The van der Waals surface area contributed by atoms with Gasteiger partial charge in [-0.3, -0.25) is 4.79 Å². The van der Waals surface area contributed by atoms with Crippen molar-refractivity contribution in [3.05, 3.63) is 71.6 Å². The topological polar surface area (TPSA) is 43.6 Å². The number of benzene rings is 2. The number of fused-ring (bicyclic) bond motifs is 1. The lowest BCUT2D eigenvalue weighted by Crippen LogP contribution is -2.16. The van der Waals surface area contributed by atoms with E-state index in [1.807, 2.05) is 53.1 Å². The summed E-state index contributed by atoms with van der Waals surface area (Å²) in [5, 5.41) is 0. The number of carbonyl (C=O) groups is 1. The lowest BCUT2D eigenvalue weighted by Gasteiger charge is -2.06. The fourth-order valence-electron chi connectivity index (χ4n) is 2.70. The quantitative estimate of drug-likeness (QED) is 0.630. The number of allylic oxidation sites excluding steroid dienone is 1. The maximum absolute atomic E-state index is 12.3. The van der Waals surface area contributed by atoms with Crippen LogP contribution in [0.1, 0.15) is 12.0 Å². The van der Waals surface area contributed by atoms with Crippen molar-refractivity contribution in [1.82, 2.24) is 4.57 Å². The van der Waals surface area contributed by atoms with E-state index in [0.29, 0.717) is 24.2 Å². The Balaban J connectivity index is 1.93. The molecule has 0 saturated carbocycles. The first-order valence-corrected chi connectivity index (χ1v) is 8.93. The van der Waals surface area contributed by atoms with Crippen molar-refractivity contribution >= 4 is 27.5 Å². The third-order valence-electron chi connectivity index (χ3n) is 3.89. The molecule has 3 rings (SSSR count). The fraction of sp³-hybridized carbons (Fsp3) is 0.200. The largest absolute Gasteiger partial charge is 0.495 e. The van der Waals surface area contributed by atoms with E-state index in [0.717, 1.165) is 21.5 Å². The van der Waals surface area contributed by atoms with Gasteiger partial charge in [0.05, 0.1) is 11.8 Å². The first-order chi connectivity index (χ1) is 12.2. The zero-order chi connectivity index (χ0) is 17.6. The molecule has 0 aliphatic heterocycles. The number of nitrogens with zero attached hydrogens (tertiary/aromatic N) is 2. The number of amides is 1. The number of aryl methyl sites for hydroxylation is 1. The van der Waals surface area contributed by atoms with Crippen LogP contribution >= 0.6 is 11.3 Å². The fourth-order valence-corrected chi connectivity index (χ4v) is 3.78. The van der Waals surface area contributed by atoms with E-state index >= 15 is 0 Å². The summed E-state index contributed by atoms with van der Waals surface area (Å²) < 4.78 is 8.48. The van der Waals surface area contributed by atoms with E-state index in [2.05, 4.69) is 11.6 Å². The van der Waals surface area contributed by atoms with Gasteiger partial charge in [-0.25, -0.2) is 0 Å². The Hall–Kier alpha value is -2.66. The molecule has 0 atom stereocenters. The average molecular weight is 352 g/mol. The minimum Gasteiger partial charge on any atom is -0.495 e. The van der Waals surface area contributed by atoms with Crippen LogP contribution < -0.4 is 9.54 Å². The zero-order valence-electron chi connectivity index (χ0n) is 14.1. The second-order valence-electron chi connectivity index (χ2n) is 5.58. The van der Waals surface area contributed by atoms with Crippen LogP contribution in [-0.4, -0.2) is 17.6 Å². The summed E-state index contributed by atoms with van der Waals surface area (Å²) in [6.07, 6.45) is 2.88. The molecule has 5 heteroatoms. The summed E-state index contributed by atoms with van der Waals surface area (Å²) in [5.41, 5.74) is 2.09. The van der Waals surface area contributed by atoms with E-state index in [4.69, 9.17) is 4.74 Å². The number of aromatic nitrogens is 1. The van der Waals surface area contributed by atoms with Crippen LogP contribution in [0, 0.1) is 0 Å². The second-order valence-corrected chi connectivity index (χ2v) is 6.59. The van der Waals surface area contributed by atoms with Crippen molar-refractivity contribution in [1.29, 1.82) is 0 Å². The molecule has 25 heavy (non-hydrogen) atoms. The predicted molar refractivity (Wildman–Crippen MR) is 102 cm³/mol. The highest BCUT2D eigenvalue weighted by Crippen LogP contribution is 2.27. The summed E-state index contributed by atoms with van der Waals surface area (Å²) in [5.74, 6) is 0.654. The summed E-state index contributed by atoms with van der Waals surface area (Å²) >= 11 is 1.49. The van der Waals surface area contributed by atoms with Gasteiger partial charge in [-0.1, -0.05) is 53.8 Å². The molecule has 0 saturated heterocycles. The number of rotatable bonds is 6. The predicted octanol–water partition coefficient (Wildman–Crippen LogP) is 3.96. The number of carbonyl (C=O) groups excluding carboxylic acids is 1. The summed E-state index contributed by atoms with van der Waals surface area (Å²) in [7, 11) is 1.65. The van der Waals surface area contributed by atoms with E-state index in [1.54, 1.807) is 13.2 Å². The molecular weight excluding hydrogens is 332 g/mol. The van der Waals surface area contributed by atoms with E-state index in [-0.39, 0.29) is 5.91 Å². The average Bonchev–Trinajstić information content (AvgIpc) is 2.98. The molecule has 1 amide bonds. The van der Waals surface area contributed by atoms with Crippen molar-refractivity contribution in [2.24, 2.45) is 4.99 Å². The normalized spacial score (nSPS) is 11.6. The van der Waals surface area contributed by atoms with Gasteiger partial charge in [0, 0.05) is 13.0 Å². The lowest BCUT2D eigenvalue weighted by molar-refractivity contribution is -0.118. The highest BCUT2D eigenvalue weighted by atomic mass is 32.1. The monoisotopic (exact) mass is 352 g/mol. The Bertz CT molecular complexity index is 955. The maximum atomic E-state index is 12.3. The van der Waals surface area contributed by atoms with Crippen LogP contribution in [0.3, 0.4) is 0 Å². The Morgan fingerprint density at radius 2 is 2.04 bits per heavy atom. The molecule has 0 aliphatic carbocycles. The van der Waals surface area contributed by atoms with E-state index in [1.165, 1.54) is 11.3 Å². The lowest BCUT2D eigenvalue weighted by atomic mass is 10.1. The van der Waals surface area contributed by atoms with Gasteiger partial charge in [0.2, 0.25) is 5.91 Å². The minimum atomic E-state index is -0.118. The molecule has 0 radical (unpaired) electrons. The number of hydrogen-bond acceptors (Lipinski definition) is 3. The Kier molecular flexibility index (Phi) is 5.46. The van der Waals surface area contributed by atoms with Crippen molar-refractivity contribution in [2.75, 3.05) is 7.11 Å². The molecule has 1 heterocycles. The smallest absolute Gasteiger partial charge is 0.248 e. The van der Waals surface area contributed by atoms with Gasteiger partial charge in [0.1, 0.15) is 11.3 Å². The number of para-hydroxylation sites is 1. The SMILES string of the molecule is C=CCn1c(=NC(=O)CCc2ccccc2)sc2cccc(OC)c21. The van der Waals surface area contributed by atoms with Gasteiger partial charge in [-0.05, 0) is 24.1 Å². The van der Waals surface area contributed by atoms with Gasteiger partial charge in [-0.15, -0.1) is 6.58 Å². The summed E-state index contributed by atoms with van der Waals surface area (Å²) in [6, 6.07) is 15.8. The molecule has 2 aromatic carbocycles. The molecule has 0 bridgehead atoms. The van der Waals surface area contributed by atoms with Crippen molar-refractivity contribution in [3.63, 3.8) is 0 Å². The number of ether oxygens (including phenoxy) is 1. The standard InChI is InChI=1S/C20H20N2O2S/c1-3-14-22-19-16(24-2)10-7-11-17(19)25-20(22)21-18(23)13-12-15-8-5-4-6-9-15/h3-11H,1,12-14H2,2H3. The molecule has 1 aromatic heterocycles. The molecule has 0 aliphatic rings. The minimum absolute atomic E-state index is 0.118. The van der Waals surface area contributed by atoms with Gasteiger partial charge >= 0.3 is 0 Å². The van der Waals surface area contributed by atoms with E-state index < -0.39 is 0 Å². The number of methoxy groups -OCH3 is 1. The molecule has 0 spiro atoms. The summed E-state index contributed by atoms with van der Waals surface area (Å²) in [6.45, 7) is 4.39. The Labute approximate surface area is 150 Å². The van der Waals surface area contributed by atoms with Crippen molar-refractivity contribution in [3.8, 4) is 5.75 Å². The van der Waals surface area contributed by atoms with Crippen molar-refractivity contribution in [2.45, 2.75) is 19.4 Å². The van der Waals surface area contributed by atoms with Crippen LogP contribution in [0.15, 0.2) is 66.2 Å². The maximum Gasteiger partial charge on any atom is 0.248 e. The molecule has 128 valence electrons. The van der Waals surface area contributed by atoms with Gasteiger partial charge in [0.25, 0.3) is 0 Å². The Morgan fingerprint density at radius 3 is 2.76 bits per heavy atom. The van der Waals surface area contributed by atoms with Crippen LogP contribution in [-0.2, 0) is 17.8 Å². The van der Waals surface area contributed by atoms with Gasteiger partial charge in [-0.2, -0.15) is 4.99 Å². The van der Waals surface area contributed by atoms with Crippen LogP contribution in [0.25, 0.3) is 10.2 Å². The molecule has 0 unspecified atom stereocenters. The van der Waals surface area contributed by atoms with Gasteiger partial charge < -0.3 is 9.30 Å². The molecular formula is C20H20N2O2S. The first kappa shape index (κ1) is 17.2. The highest BCUT2D eigenvalue weighted by Gasteiger charge is 2.11. The molecule has 3 aromatic rings. The van der Waals surface area contributed by atoms with Crippen LogP contribution in [0.5, 0.6) is 5.75 Å². The molecule has 0 N–H and O–H groups in total. The molecule has 0 fully saturated rings. The van der Waals surface area contributed by atoms with Crippen LogP contribution in [0.2, 0.25) is 0 Å².